The smallest absolute Gasteiger partial charge is 0.351 e. The van der Waals surface area contributed by atoms with Gasteiger partial charge in [-0.25, -0.2) is 0 Å². The molecule has 33 heavy (non-hydrogen) atoms. The molecule has 3 nitrogen and oxygen atoms in total. The van der Waals surface area contributed by atoms with Crippen molar-refractivity contribution in [3.05, 3.63) is 54.7 Å². The molecule has 1 aromatic heterocycles. The highest BCUT2D eigenvalue weighted by Gasteiger charge is 2.42. The lowest BCUT2D eigenvalue weighted by Crippen LogP contribution is -2.26. The fourth-order valence-electron chi connectivity index (χ4n) is 4.07. The number of alkyl halides is 3. The van der Waals surface area contributed by atoms with Gasteiger partial charge in [0, 0.05) is 35.8 Å². The molecule has 1 amide bonds. The zero-order valence-electron chi connectivity index (χ0n) is 18.3. The van der Waals surface area contributed by atoms with Gasteiger partial charge < -0.3 is 5.32 Å². The lowest BCUT2D eigenvalue weighted by Gasteiger charge is -2.22. The minimum atomic E-state index is -4.51. The Labute approximate surface area is 210 Å². The van der Waals surface area contributed by atoms with Crippen LogP contribution in [0.1, 0.15) is 56.4 Å². The maximum absolute atomic E-state index is 14.1. The first kappa shape index (κ1) is 26.4. The Morgan fingerprint density at radius 1 is 1.15 bits per heavy atom. The van der Waals surface area contributed by atoms with Crippen LogP contribution in [-0.4, -0.2) is 43.4 Å². The molecule has 0 saturated carbocycles. The van der Waals surface area contributed by atoms with E-state index in [9.17, 15) is 18.0 Å². The molecular weight excluding hydrogens is 512 g/mol. The van der Waals surface area contributed by atoms with Crippen molar-refractivity contribution in [3.63, 3.8) is 0 Å². The van der Waals surface area contributed by atoms with E-state index in [1.807, 2.05) is 6.26 Å². The van der Waals surface area contributed by atoms with Gasteiger partial charge in [-0.15, -0.1) is 11.3 Å². The standard InChI is InChI=1S/C23H25Cl2F3N2OS2/c1-29-19(12-18(23(26,27)28)13-9-14(24)11-15(25)10-13)20-16-5-3-4-6-17(16)21(33-20)22(31)30-7-8-32-2/h9-11,18H,3-8,12H2,1-2H3,(H,30,31). The van der Waals surface area contributed by atoms with Crippen LogP contribution in [0.5, 0.6) is 0 Å². The molecule has 3 rings (SSSR count). The first-order chi connectivity index (χ1) is 15.7. The lowest BCUT2D eigenvalue weighted by atomic mass is 9.87. The van der Waals surface area contributed by atoms with E-state index in [0.29, 0.717) is 22.0 Å². The van der Waals surface area contributed by atoms with Crippen molar-refractivity contribution in [1.29, 1.82) is 0 Å². The summed E-state index contributed by atoms with van der Waals surface area (Å²) in [4.78, 5) is 18.4. The normalized spacial score (nSPS) is 15.3. The van der Waals surface area contributed by atoms with Crippen LogP contribution in [-0.2, 0) is 12.8 Å². The van der Waals surface area contributed by atoms with Crippen LogP contribution in [0.2, 0.25) is 10.0 Å². The van der Waals surface area contributed by atoms with Gasteiger partial charge in [-0.05, 0) is 66.8 Å². The Balaban J connectivity index is 1.98. The summed E-state index contributed by atoms with van der Waals surface area (Å²) in [5, 5.41) is 3.23. The number of thioether (sulfide) groups is 1. The zero-order valence-corrected chi connectivity index (χ0v) is 21.5. The third-order valence-electron chi connectivity index (χ3n) is 5.63. The Bertz CT molecular complexity index is 1020. The molecule has 180 valence electrons. The summed E-state index contributed by atoms with van der Waals surface area (Å²) in [5.74, 6) is -1.18. The number of carbonyl (C=O) groups excluding carboxylic acids is 1. The molecule has 0 spiro atoms. The molecule has 0 fully saturated rings. The Morgan fingerprint density at radius 2 is 1.76 bits per heavy atom. The minimum absolute atomic E-state index is 0.00149. The molecule has 1 aliphatic rings. The quantitative estimate of drug-likeness (QED) is 0.286. The van der Waals surface area contributed by atoms with Crippen LogP contribution in [0.4, 0.5) is 13.2 Å². The van der Waals surface area contributed by atoms with Gasteiger partial charge in [-0.1, -0.05) is 23.2 Å². The summed E-state index contributed by atoms with van der Waals surface area (Å²) < 4.78 is 42.4. The van der Waals surface area contributed by atoms with E-state index in [2.05, 4.69) is 10.3 Å². The predicted octanol–water partition coefficient (Wildman–Crippen LogP) is 7.18. The number of hydrogen-bond donors (Lipinski definition) is 1. The summed E-state index contributed by atoms with van der Waals surface area (Å²) in [5.41, 5.74) is 2.27. The largest absolute Gasteiger partial charge is 0.396 e. The molecule has 1 heterocycles. The highest BCUT2D eigenvalue weighted by molar-refractivity contribution is 7.98. The summed E-state index contributed by atoms with van der Waals surface area (Å²) >= 11 is 14.9. The van der Waals surface area contributed by atoms with Gasteiger partial charge in [0.2, 0.25) is 0 Å². The number of aliphatic imine (C=N–C) groups is 1. The number of thiophene rings is 1. The third-order valence-corrected chi connectivity index (χ3v) is 8.00. The van der Waals surface area contributed by atoms with Gasteiger partial charge in [0.15, 0.2) is 0 Å². The summed E-state index contributed by atoms with van der Waals surface area (Å²) in [6.45, 7) is 0.544. The van der Waals surface area contributed by atoms with E-state index in [1.165, 1.54) is 36.6 Å². The second-order valence-corrected chi connectivity index (χ2v) is 10.7. The number of nitrogens with one attached hydrogen (secondary N) is 1. The van der Waals surface area contributed by atoms with E-state index in [0.717, 1.165) is 42.6 Å². The SMILES string of the molecule is CN=C(CC(c1cc(Cl)cc(Cl)c1)C(F)(F)F)c1sc(C(=O)NCCSC)c2c1CCCC2. The number of benzene rings is 1. The monoisotopic (exact) mass is 536 g/mol. The second kappa shape index (κ2) is 11.5. The molecule has 1 atom stereocenters. The van der Waals surface area contributed by atoms with Gasteiger partial charge in [0.25, 0.3) is 5.91 Å². The Hall–Kier alpha value is -1.22. The molecular formula is C23H25Cl2F3N2OS2. The van der Waals surface area contributed by atoms with Gasteiger partial charge in [0.05, 0.1) is 21.4 Å². The van der Waals surface area contributed by atoms with Gasteiger partial charge >= 0.3 is 6.18 Å². The number of rotatable bonds is 8. The number of nitrogens with zero attached hydrogens (tertiary/aromatic N) is 1. The first-order valence-electron chi connectivity index (χ1n) is 10.6. The molecule has 1 unspecified atom stereocenters. The van der Waals surface area contributed by atoms with Crippen molar-refractivity contribution in [3.8, 4) is 0 Å². The fourth-order valence-corrected chi connectivity index (χ4v) is 6.28. The van der Waals surface area contributed by atoms with Crippen molar-refractivity contribution in [1.82, 2.24) is 5.32 Å². The van der Waals surface area contributed by atoms with Crippen LogP contribution < -0.4 is 5.32 Å². The van der Waals surface area contributed by atoms with Crippen LogP contribution in [0.15, 0.2) is 23.2 Å². The summed E-state index contributed by atoms with van der Waals surface area (Å²) in [6.07, 6.45) is 0.480. The highest BCUT2D eigenvalue weighted by Crippen LogP contribution is 2.42. The Kier molecular flexibility index (Phi) is 9.17. The van der Waals surface area contributed by atoms with E-state index in [1.54, 1.807) is 11.8 Å². The molecule has 0 radical (unpaired) electrons. The molecule has 1 aliphatic carbocycles. The van der Waals surface area contributed by atoms with Crippen molar-refractivity contribution in [2.45, 2.75) is 44.2 Å². The molecule has 0 aliphatic heterocycles. The maximum Gasteiger partial charge on any atom is 0.396 e. The highest BCUT2D eigenvalue weighted by atomic mass is 35.5. The van der Waals surface area contributed by atoms with Crippen molar-refractivity contribution >= 4 is 57.9 Å². The van der Waals surface area contributed by atoms with E-state index in [4.69, 9.17) is 23.2 Å². The van der Waals surface area contributed by atoms with E-state index < -0.39 is 12.1 Å². The van der Waals surface area contributed by atoms with Gasteiger partial charge in [-0.3, -0.25) is 9.79 Å². The second-order valence-electron chi connectivity index (χ2n) is 7.84. The number of amides is 1. The molecule has 0 saturated heterocycles. The lowest BCUT2D eigenvalue weighted by molar-refractivity contribution is -0.148. The number of carbonyl (C=O) groups is 1. The van der Waals surface area contributed by atoms with Crippen molar-refractivity contribution in [2.24, 2.45) is 4.99 Å². The molecule has 1 N–H and O–H groups in total. The maximum atomic E-state index is 14.1. The minimum Gasteiger partial charge on any atom is -0.351 e. The fraction of sp³-hybridized carbons (Fsp3) is 0.478. The van der Waals surface area contributed by atoms with Crippen molar-refractivity contribution in [2.75, 3.05) is 25.6 Å². The van der Waals surface area contributed by atoms with Crippen molar-refractivity contribution < 1.29 is 18.0 Å². The van der Waals surface area contributed by atoms with Gasteiger partial charge in [-0.2, -0.15) is 24.9 Å². The van der Waals surface area contributed by atoms with Crippen LogP contribution >= 0.6 is 46.3 Å². The average molecular weight is 538 g/mol. The number of hydrogen-bond acceptors (Lipinski definition) is 4. The third kappa shape index (κ3) is 6.47. The van der Waals surface area contributed by atoms with Crippen LogP contribution in [0.25, 0.3) is 0 Å². The summed E-state index contributed by atoms with van der Waals surface area (Å²) in [7, 11) is 1.50. The molecule has 2 aromatic rings. The molecule has 10 heteroatoms. The number of fused-ring (bicyclic) bond motifs is 1. The molecule has 1 aromatic carbocycles. The molecule has 0 bridgehead atoms. The van der Waals surface area contributed by atoms with Crippen LogP contribution in [0, 0.1) is 0 Å². The average Bonchev–Trinajstić information content (AvgIpc) is 3.13. The summed E-state index contributed by atoms with van der Waals surface area (Å²) in [6, 6.07) is 4.01. The topological polar surface area (TPSA) is 41.5 Å². The first-order valence-corrected chi connectivity index (χ1v) is 13.5. The predicted molar refractivity (Wildman–Crippen MR) is 134 cm³/mol. The zero-order chi connectivity index (χ0) is 24.2. The van der Waals surface area contributed by atoms with Crippen LogP contribution in [0.3, 0.4) is 0 Å². The Morgan fingerprint density at radius 3 is 2.30 bits per heavy atom. The van der Waals surface area contributed by atoms with E-state index in [-0.39, 0.29) is 27.9 Å². The van der Waals surface area contributed by atoms with E-state index >= 15 is 0 Å². The number of halogens is 5. The van der Waals surface area contributed by atoms with Gasteiger partial charge in [0.1, 0.15) is 0 Å².